The van der Waals surface area contributed by atoms with E-state index in [4.69, 9.17) is 18.3 Å². The van der Waals surface area contributed by atoms with Crippen LogP contribution >= 0.6 is 0 Å². The second-order valence-electron chi connectivity index (χ2n) is 14.2. The Labute approximate surface area is 330 Å². The predicted molar refractivity (Wildman–Crippen MR) is 227 cm³/mol. The summed E-state index contributed by atoms with van der Waals surface area (Å²) in [5, 5.41) is 5.43. The molecule has 9 nitrogen and oxygen atoms in total. The number of carbonyl (C=O) groups excluding carboxylic acids is 2. The first-order valence-electron chi connectivity index (χ1n) is 19.1. The lowest BCUT2D eigenvalue weighted by atomic mass is 10.1. The molecule has 5 rings (SSSR count). The Bertz CT molecular complexity index is 2120. The summed E-state index contributed by atoms with van der Waals surface area (Å²) in [6.45, 7) is 13.0. The van der Waals surface area contributed by atoms with E-state index in [0.29, 0.717) is 16.5 Å². The number of carbonyl (C=O) groups is 2. The Morgan fingerprint density at radius 1 is 0.804 bits per heavy atom. The summed E-state index contributed by atoms with van der Waals surface area (Å²) >= 11 is 0. The first-order chi connectivity index (χ1) is 27.1. The standard InChI is InChI=1S/C46H52N2O7Si/c1-6-48(7-2)38-26-25-37-33-41(45(51)55-42(37)34-38)43(49)47-28-30-52-31-32-53-44(50)36(24-23-35-17-11-8-12-18-35)27-29-54-56(46(3,4)5,39-19-13-9-14-20-39)40-21-15-10-16-22-40/h8-27,33-34H,6-7,28-32H2,1-5H3,(H,47,49). The molecule has 0 fully saturated rings. The van der Waals surface area contributed by atoms with Crippen molar-refractivity contribution < 1.29 is 27.9 Å². The lowest BCUT2D eigenvalue weighted by molar-refractivity contribution is -0.140. The van der Waals surface area contributed by atoms with Gasteiger partial charge in [0.1, 0.15) is 17.8 Å². The molecule has 0 bridgehead atoms. The molecule has 4 aromatic carbocycles. The summed E-state index contributed by atoms with van der Waals surface area (Å²) in [6.07, 6.45) is 5.40. The molecule has 0 aliphatic heterocycles. The fourth-order valence-corrected chi connectivity index (χ4v) is 11.2. The molecule has 0 atom stereocenters. The summed E-state index contributed by atoms with van der Waals surface area (Å²) in [6, 6.07) is 37.6. The molecule has 0 unspecified atom stereocenters. The van der Waals surface area contributed by atoms with Crippen LogP contribution in [0.2, 0.25) is 5.04 Å². The van der Waals surface area contributed by atoms with Crippen molar-refractivity contribution in [3.63, 3.8) is 0 Å². The van der Waals surface area contributed by atoms with E-state index < -0.39 is 25.8 Å². The Hall–Kier alpha value is -5.55. The normalized spacial score (nSPS) is 12.2. The van der Waals surface area contributed by atoms with Gasteiger partial charge in [0.05, 0.1) is 25.4 Å². The van der Waals surface area contributed by atoms with E-state index in [0.717, 1.165) is 34.7 Å². The van der Waals surface area contributed by atoms with Gasteiger partial charge in [-0.1, -0.05) is 118 Å². The van der Waals surface area contributed by atoms with E-state index in [1.165, 1.54) is 0 Å². The third-order valence-electron chi connectivity index (χ3n) is 9.60. The van der Waals surface area contributed by atoms with E-state index in [2.05, 4.69) is 69.1 Å². The molecule has 0 saturated heterocycles. The number of hydrogen-bond acceptors (Lipinski definition) is 8. The van der Waals surface area contributed by atoms with E-state index in [-0.39, 0.29) is 43.6 Å². The first-order valence-corrected chi connectivity index (χ1v) is 21.0. The SMILES string of the molecule is CCN(CC)c1ccc2cc(C(=O)NCCOCCOC(=O)C(C=Cc3ccccc3)=CCO[Si](c3ccccc3)(c3ccccc3)C(C)(C)C)c(=O)oc2c1. The van der Waals surface area contributed by atoms with Crippen molar-refractivity contribution in [2.75, 3.05) is 51.0 Å². The van der Waals surface area contributed by atoms with Crippen molar-refractivity contribution >= 4 is 53.3 Å². The van der Waals surface area contributed by atoms with E-state index in [1.807, 2.05) is 91.0 Å². The molecule has 1 N–H and O–H groups in total. The van der Waals surface area contributed by atoms with Gasteiger partial charge in [-0.15, -0.1) is 0 Å². The molecular weight excluding hydrogens is 721 g/mol. The third kappa shape index (κ3) is 10.4. The lowest BCUT2D eigenvalue weighted by Crippen LogP contribution is -2.66. The van der Waals surface area contributed by atoms with Crippen LogP contribution in [0.25, 0.3) is 17.0 Å². The van der Waals surface area contributed by atoms with E-state index in [1.54, 1.807) is 18.2 Å². The van der Waals surface area contributed by atoms with Crippen molar-refractivity contribution in [3.05, 3.63) is 155 Å². The number of amides is 1. The van der Waals surface area contributed by atoms with Crippen molar-refractivity contribution in [3.8, 4) is 0 Å². The molecule has 0 saturated carbocycles. The molecule has 1 aromatic heterocycles. The highest BCUT2D eigenvalue weighted by Crippen LogP contribution is 2.36. The van der Waals surface area contributed by atoms with Crippen molar-refractivity contribution in [2.24, 2.45) is 0 Å². The maximum atomic E-state index is 13.5. The summed E-state index contributed by atoms with van der Waals surface area (Å²) in [4.78, 5) is 41.1. The van der Waals surface area contributed by atoms with Crippen LogP contribution in [0, 0.1) is 0 Å². The molecule has 0 radical (unpaired) electrons. The number of anilines is 1. The van der Waals surface area contributed by atoms with Crippen molar-refractivity contribution in [1.29, 1.82) is 0 Å². The second kappa shape index (κ2) is 19.9. The molecule has 10 heteroatoms. The molecular formula is C46H52N2O7Si. The number of ether oxygens (including phenoxy) is 2. The molecule has 0 aliphatic carbocycles. The first kappa shape index (κ1) is 41.6. The van der Waals surface area contributed by atoms with Crippen LogP contribution in [0.4, 0.5) is 5.69 Å². The van der Waals surface area contributed by atoms with E-state index in [9.17, 15) is 14.4 Å². The van der Waals surface area contributed by atoms with Gasteiger partial charge in [0.25, 0.3) is 14.2 Å². The molecule has 0 aliphatic rings. The number of nitrogens with zero attached hydrogens (tertiary/aromatic N) is 1. The van der Waals surface area contributed by atoms with Gasteiger partial charge in [0.2, 0.25) is 0 Å². The number of nitrogens with one attached hydrogen (secondary N) is 1. The minimum absolute atomic E-state index is 0.00258. The monoisotopic (exact) mass is 772 g/mol. The molecule has 1 heterocycles. The van der Waals surface area contributed by atoms with Gasteiger partial charge in [-0.25, -0.2) is 9.59 Å². The Morgan fingerprint density at radius 2 is 1.43 bits per heavy atom. The highest BCUT2D eigenvalue weighted by molar-refractivity contribution is 6.99. The number of fused-ring (bicyclic) bond motifs is 1. The van der Waals surface area contributed by atoms with Crippen LogP contribution < -0.4 is 26.2 Å². The largest absolute Gasteiger partial charge is 0.460 e. The minimum atomic E-state index is -2.83. The highest BCUT2D eigenvalue weighted by atomic mass is 28.4. The number of hydrogen-bond donors (Lipinski definition) is 1. The Morgan fingerprint density at radius 3 is 2.04 bits per heavy atom. The molecule has 292 valence electrons. The Kier molecular flexibility index (Phi) is 14.8. The van der Waals surface area contributed by atoms with E-state index >= 15 is 0 Å². The van der Waals surface area contributed by atoms with Gasteiger partial charge in [-0.3, -0.25) is 4.79 Å². The smallest absolute Gasteiger partial charge is 0.349 e. The van der Waals surface area contributed by atoms with Gasteiger partial charge in [0.15, 0.2) is 0 Å². The van der Waals surface area contributed by atoms with Gasteiger partial charge in [-0.2, -0.15) is 0 Å². The highest BCUT2D eigenvalue weighted by Gasteiger charge is 2.50. The van der Waals surface area contributed by atoms with Gasteiger partial charge < -0.3 is 28.5 Å². The fraction of sp³-hybridized carbons (Fsp3) is 0.283. The van der Waals surface area contributed by atoms with Crippen LogP contribution in [0.15, 0.2) is 142 Å². The fourth-order valence-electron chi connectivity index (χ4n) is 6.74. The summed E-state index contributed by atoms with van der Waals surface area (Å²) in [5.74, 6) is -1.06. The van der Waals surface area contributed by atoms with Gasteiger partial charge >= 0.3 is 11.6 Å². The predicted octanol–water partition coefficient (Wildman–Crippen LogP) is 7.15. The van der Waals surface area contributed by atoms with Crippen LogP contribution in [0.3, 0.4) is 0 Å². The average molecular weight is 773 g/mol. The zero-order valence-corrected chi connectivity index (χ0v) is 34.0. The molecule has 5 aromatic rings. The second-order valence-corrected chi connectivity index (χ2v) is 18.5. The topological polar surface area (TPSA) is 107 Å². The maximum absolute atomic E-state index is 13.5. The summed E-state index contributed by atoms with van der Waals surface area (Å²) in [5.41, 5.74) is 1.88. The van der Waals surface area contributed by atoms with Crippen molar-refractivity contribution in [1.82, 2.24) is 5.32 Å². The minimum Gasteiger partial charge on any atom is -0.460 e. The van der Waals surface area contributed by atoms with Crippen LogP contribution in [0.5, 0.6) is 0 Å². The number of esters is 1. The quantitative estimate of drug-likeness (QED) is 0.0250. The summed E-state index contributed by atoms with van der Waals surface area (Å²) < 4.78 is 23.8. The Balaban J connectivity index is 1.19. The summed E-state index contributed by atoms with van der Waals surface area (Å²) in [7, 11) is -2.83. The zero-order valence-electron chi connectivity index (χ0n) is 33.0. The van der Waals surface area contributed by atoms with Crippen molar-refractivity contribution in [2.45, 2.75) is 39.7 Å². The zero-order chi connectivity index (χ0) is 40.0. The lowest BCUT2D eigenvalue weighted by Gasteiger charge is -2.42. The van der Waals surface area contributed by atoms with Crippen LogP contribution in [-0.2, 0) is 18.7 Å². The molecule has 1 amide bonds. The molecule has 0 spiro atoms. The third-order valence-corrected chi connectivity index (χ3v) is 14.6. The average Bonchev–Trinajstić information content (AvgIpc) is 3.20. The van der Waals surface area contributed by atoms with Gasteiger partial charge in [-0.05, 0) is 65.2 Å². The number of rotatable bonds is 18. The maximum Gasteiger partial charge on any atom is 0.349 e. The molecule has 56 heavy (non-hydrogen) atoms. The van der Waals surface area contributed by atoms with Gasteiger partial charge in [0, 0.05) is 36.8 Å². The van der Waals surface area contributed by atoms with Crippen LogP contribution in [0.1, 0.15) is 50.5 Å². The number of benzene rings is 4. The van der Waals surface area contributed by atoms with Crippen LogP contribution in [-0.4, -0.2) is 66.3 Å².